The van der Waals surface area contributed by atoms with E-state index in [-0.39, 0.29) is 35.7 Å². The number of nitrogens with one attached hydrogen (secondary N) is 1. The number of benzene rings is 1. The van der Waals surface area contributed by atoms with E-state index in [9.17, 15) is 19.5 Å². The maximum absolute atomic E-state index is 13.5. The highest BCUT2D eigenvalue weighted by atomic mass is 16.5. The second kappa shape index (κ2) is 12.2. The number of aromatic nitrogens is 1. The first-order valence-electron chi connectivity index (χ1n) is 12.7. The summed E-state index contributed by atoms with van der Waals surface area (Å²) < 4.78 is 16.1. The molecule has 1 fully saturated rings. The van der Waals surface area contributed by atoms with Gasteiger partial charge in [-0.25, -0.2) is 4.79 Å². The number of amides is 1. The first kappa shape index (κ1) is 28.8. The summed E-state index contributed by atoms with van der Waals surface area (Å²) in [6, 6.07) is 4.18. The van der Waals surface area contributed by atoms with Crippen LogP contribution in [0.4, 0.5) is 0 Å². The molecule has 1 aliphatic rings. The Balaban J connectivity index is 2.26. The van der Waals surface area contributed by atoms with Crippen LogP contribution in [0.5, 0.6) is 11.5 Å². The lowest BCUT2D eigenvalue weighted by atomic mass is 9.93. The van der Waals surface area contributed by atoms with E-state index in [2.05, 4.69) is 9.88 Å². The zero-order valence-electron chi connectivity index (χ0n) is 23.1. The van der Waals surface area contributed by atoms with Crippen molar-refractivity contribution in [2.24, 2.45) is 0 Å². The molecule has 10 heteroatoms. The van der Waals surface area contributed by atoms with Crippen molar-refractivity contribution in [3.8, 4) is 11.5 Å². The number of aryl methyl sites for hydroxylation is 1. The minimum atomic E-state index is -0.935. The number of esters is 1. The van der Waals surface area contributed by atoms with Crippen LogP contribution in [0.25, 0.3) is 5.76 Å². The van der Waals surface area contributed by atoms with Crippen LogP contribution in [0, 0.1) is 13.8 Å². The topological polar surface area (TPSA) is 121 Å². The minimum absolute atomic E-state index is 0.0818. The molecule has 38 heavy (non-hydrogen) atoms. The molecule has 1 saturated heterocycles. The molecule has 10 nitrogen and oxygen atoms in total. The molecule has 2 N–H and O–H groups in total. The molecule has 0 bridgehead atoms. The minimum Gasteiger partial charge on any atom is -0.507 e. The number of hydrogen-bond donors (Lipinski definition) is 2. The molecule has 2 aromatic rings. The number of likely N-dealkylation sites (tertiary alicyclic amines) is 1. The number of rotatable bonds is 11. The number of Topliss-reactive ketones (excluding diaryl/α,β-unsaturated/α-hetero) is 1. The lowest BCUT2D eigenvalue weighted by Crippen LogP contribution is -2.38. The Morgan fingerprint density at radius 3 is 2.37 bits per heavy atom. The molecule has 1 aromatic heterocycles. The molecular weight excluding hydrogens is 490 g/mol. The molecule has 1 unspecified atom stereocenters. The highest BCUT2D eigenvalue weighted by Gasteiger charge is 2.47. The smallest absolute Gasteiger partial charge is 0.355 e. The third kappa shape index (κ3) is 5.26. The molecule has 2 heterocycles. The fourth-order valence-electron chi connectivity index (χ4n) is 4.92. The zero-order chi connectivity index (χ0) is 28.1. The molecular formula is C28H37N3O7. The Kier molecular flexibility index (Phi) is 9.22. The number of carbonyl (C=O) groups is 3. The summed E-state index contributed by atoms with van der Waals surface area (Å²) in [4.78, 5) is 46.0. The third-order valence-electron chi connectivity index (χ3n) is 6.98. The molecule has 1 amide bonds. The average Bonchev–Trinajstić information content (AvgIpc) is 3.35. The Morgan fingerprint density at radius 2 is 1.79 bits per heavy atom. The predicted octanol–water partition coefficient (Wildman–Crippen LogP) is 3.59. The van der Waals surface area contributed by atoms with Crippen molar-refractivity contribution < 1.29 is 33.7 Å². The number of aliphatic hydroxyl groups excluding tert-OH is 1. The van der Waals surface area contributed by atoms with Crippen molar-refractivity contribution in [2.45, 2.75) is 40.7 Å². The summed E-state index contributed by atoms with van der Waals surface area (Å²) in [6.07, 6.45) is 0. The Labute approximate surface area is 223 Å². The van der Waals surface area contributed by atoms with E-state index < -0.39 is 23.7 Å². The van der Waals surface area contributed by atoms with E-state index in [0.717, 1.165) is 13.1 Å². The number of carbonyl (C=O) groups excluding carboxylic acids is 3. The van der Waals surface area contributed by atoms with Gasteiger partial charge in [0.2, 0.25) is 0 Å². The van der Waals surface area contributed by atoms with Gasteiger partial charge in [-0.3, -0.25) is 9.59 Å². The van der Waals surface area contributed by atoms with Crippen molar-refractivity contribution >= 4 is 23.4 Å². The second-order valence-electron chi connectivity index (χ2n) is 8.97. The van der Waals surface area contributed by atoms with Gasteiger partial charge in [-0.2, -0.15) is 0 Å². The summed E-state index contributed by atoms with van der Waals surface area (Å²) in [5, 5.41) is 11.6. The van der Waals surface area contributed by atoms with Crippen molar-refractivity contribution in [1.29, 1.82) is 0 Å². The van der Waals surface area contributed by atoms with E-state index in [0.29, 0.717) is 34.9 Å². The highest BCUT2D eigenvalue weighted by molar-refractivity contribution is 6.46. The second-order valence-corrected chi connectivity index (χ2v) is 8.97. The highest BCUT2D eigenvalue weighted by Crippen LogP contribution is 2.44. The lowest BCUT2D eigenvalue weighted by Gasteiger charge is -2.29. The number of ketones is 1. The Hall–Kier alpha value is -3.79. The van der Waals surface area contributed by atoms with E-state index >= 15 is 0 Å². The zero-order valence-corrected chi connectivity index (χ0v) is 23.1. The molecule has 0 radical (unpaired) electrons. The van der Waals surface area contributed by atoms with Gasteiger partial charge in [-0.15, -0.1) is 0 Å². The fraction of sp³-hybridized carbons (Fsp3) is 0.464. The van der Waals surface area contributed by atoms with Gasteiger partial charge in [-0.05, 0) is 57.6 Å². The van der Waals surface area contributed by atoms with Gasteiger partial charge >= 0.3 is 5.97 Å². The number of H-pyrrole nitrogens is 1. The number of likely N-dealkylation sites (N-methyl/N-ethyl adjacent to an activating group) is 1. The standard InChI is InChI=1S/C28H37N3O7/c1-8-30(9-2)13-14-31-24(19-15-18(36-6)11-12-20(19)37-7)22(26(33)27(31)34)25(32)21-16(4)23(29-17(21)5)28(35)38-10-3/h11-12,15,24,29,32H,8-10,13-14H2,1-7H3/b25-22+. The molecule has 206 valence electrons. The van der Waals surface area contributed by atoms with Crippen molar-refractivity contribution in [1.82, 2.24) is 14.8 Å². The maximum Gasteiger partial charge on any atom is 0.355 e. The molecule has 3 rings (SSSR count). The maximum atomic E-state index is 13.5. The van der Waals surface area contributed by atoms with Gasteiger partial charge in [0.25, 0.3) is 11.7 Å². The van der Waals surface area contributed by atoms with Crippen molar-refractivity contribution in [3.05, 3.63) is 51.9 Å². The first-order chi connectivity index (χ1) is 18.1. The quantitative estimate of drug-likeness (QED) is 0.197. The third-order valence-corrected chi connectivity index (χ3v) is 6.98. The number of aliphatic hydroxyl groups is 1. The lowest BCUT2D eigenvalue weighted by molar-refractivity contribution is -0.140. The van der Waals surface area contributed by atoms with Gasteiger partial charge in [0.05, 0.1) is 32.4 Å². The van der Waals surface area contributed by atoms with Gasteiger partial charge in [0.15, 0.2) is 0 Å². The Bertz CT molecular complexity index is 1240. The van der Waals surface area contributed by atoms with E-state index in [1.165, 1.54) is 19.1 Å². The van der Waals surface area contributed by atoms with E-state index in [1.54, 1.807) is 39.0 Å². The summed E-state index contributed by atoms with van der Waals surface area (Å²) in [6.45, 7) is 11.6. The largest absolute Gasteiger partial charge is 0.507 e. The van der Waals surface area contributed by atoms with Crippen molar-refractivity contribution in [3.63, 3.8) is 0 Å². The van der Waals surface area contributed by atoms with Crippen LogP contribution in [0.3, 0.4) is 0 Å². The molecule has 0 saturated carbocycles. The monoisotopic (exact) mass is 527 g/mol. The summed E-state index contributed by atoms with van der Waals surface area (Å²) in [5.74, 6) is -1.53. The van der Waals surface area contributed by atoms with Crippen molar-refractivity contribution in [2.75, 3.05) is 47.0 Å². The SMILES string of the molecule is CCOC(=O)c1[nH]c(C)c(/C(O)=C2\C(=O)C(=O)N(CCN(CC)CC)C2c2cc(OC)ccc2OC)c1C. The van der Waals surface area contributed by atoms with Gasteiger partial charge in [0, 0.05) is 29.9 Å². The van der Waals surface area contributed by atoms with Crippen LogP contribution in [0.1, 0.15) is 59.7 Å². The van der Waals surface area contributed by atoms with Crippen LogP contribution in [0.2, 0.25) is 0 Å². The van der Waals surface area contributed by atoms with Crippen LogP contribution >= 0.6 is 0 Å². The molecule has 1 aromatic carbocycles. The fourth-order valence-corrected chi connectivity index (χ4v) is 4.92. The van der Waals surface area contributed by atoms with Crippen LogP contribution < -0.4 is 9.47 Å². The van der Waals surface area contributed by atoms with E-state index in [1.807, 2.05) is 13.8 Å². The molecule has 1 atom stereocenters. The average molecular weight is 528 g/mol. The predicted molar refractivity (Wildman–Crippen MR) is 143 cm³/mol. The number of ether oxygens (including phenoxy) is 3. The van der Waals surface area contributed by atoms with Crippen LogP contribution in [0.15, 0.2) is 23.8 Å². The molecule has 0 spiro atoms. The number of methoxy groups -OCH3 is 2. The van der Waals surface area contributed by atoms with Crippen LogP contribution in [-0.4, -0.2) is 84.6 Å². The summed E-state index contributed by atoms with van der Waals surface area (Å²) >= 11 is 0. The molecule has 0 aliphatic carbocycles. The summed E-state index contributed by atoms with van der Waals surface area (Å²) in [7, 11) is 3.02. The number of hydrogen-bond acceptors (Lipinski definition) is 8. The first-order valence-corrected chi connectivity index (χ1v) is 12.7. The number of nitrogens with zero attached hydrogens (tertiary/aromatic N) is 2. The van der Waals surface area contributed by atoms with Gasteiger partial charge in [0.1, 0.15) is 23.0 Å². The van der Waals surface area contributed by atoms with Gasteiger partial charge < -0.3 is 34.1 Å². The van der Waals surface area contributed by atoms with Gasteiger partial charge in [-0.1, -0.05) is 13.8 Å². The van der Waals surface area contributed by atoms with Crippen LogP contribution in [-0.2, 0) is 14.3 Å². The summed E-state index contributed by atoms with van der Waals surface area (Å²) in [5.41, 5.74) is 1.77. The number of aromatic amines is 1. The Morgan fingerprint density at radius 1 is 1.11 bits per heavy atom. The van der Waals surface area contributed by atoms with E-state index in [4.69, 9.17) is 14.2 Å². The molecule has 1 aliphatic heterocycles. The normalized spacial score (nSPS) is 16.8.